The minimum Gasteiger partial charge on any atom is -0.258 e. The highest BCUT2D eigenvalue weighted by Gasteiger charge is 2.04. The van der Waals surface area contributed by atoms with Gasteiger partial charge in [0.2, 0.25) is 5.13 Å². The Hall–Kier alpha value is -2.38. The quantitative estimate of drug-likeness (QED) is 0.349. The maximum absolute atomic E-state index is 10.6. The highest BCUT2D eigenvalue weighted by Crippen LogP contribution is 2.27. The van der Waals surface area contributed by atoms with E-state index in [0.717, 1.165) is 21.3 Å². The summed E-state index contributed by atoms with van der Waals surface area (Å²) in [5.41, 5.74) is 2.75. The van der Waals surface area contributed by atoms with Gasteiger partial charge in [-0.1, -0.05) is 28.1 Å². The number of aromatic nitrogens is 1. The van der Waals surface area contributed by atoms with Crippen LogP contribution in [0.4, 0.5) is 10.8 Å². The number of halogens is 1. The number of non-ortho nitro benzene ring substituents is 1. The Balaban J connectivity index is 1.75. The highest BCUT2D eigenvalue weighted by molar-refractivity contribution is 9.10. The van der Waals surface area contributed by atoms with Gasteiger partial charge in [-0.3, -0.25) is 10.1 Å². The first-order valence-corrected chi connectivity index (χ1v) is 8.29. The fourth-order valence-electron chi connectivity index (χ4n) is 1.89. The largest absolute Gasteiger partial charge is 0.269 e. The number of rotatable bonds is 4. The van der Waals surface area contributed by atoms with Crippen molar-refractivity contribution in [2.75, 3.05) is 0 Å². The van der Waals surface area contributed by atoms with E-state index < -0.39 is 4.92 Å². The molecule has 23 heavy (non-hydrogen) atoms. The van der Waals surface area contributed by atoms with Crippen molar-refractivity contribution in [1.82, 2.24) is 4.98 Å². The molecule has 0 unspecified atom stereocenters. The first-order valence-electron chi connectivity index (χ1n) is 6.62. The maximum atomic E-state index is 10.6. The molecule has 0 spiro atoms. The summed E-state index contributed by atoms with van der Waals surface area (Å²) in [6.45, 7) is 0. The number of nitro benzene ring substituents is 1. The number of hydrogen-bond donors (Lipinski definition) is 0. The summed E-state index contributed by atoms with van der Waals surface area (Å²) in [7, 11) is 0. The van der Waals surface area contributed by atoms with E-state index in [4.69, 9.17) is 0 Å². The van der Waals surface area contributed by atoms with Gasteiger partial charge >= 0.3 is 0 Å². The second-order valence-electron chi connectivity index (χ2n) is 4.63. The summed E-state index contributed by atoms with van der Waals surface area (Å²) < 4.78 is 1.02. The van der Waals surface area contributed by atoms with Crippen LogP contribution in [-0.4, -0.2) is 16.1 Å². The molecule has 114 valence electrons. The summed E-state index contributed by atoms with van der Waals surface area (Å²) in [6, 6.07) is 14.1. The van der Waals surface area contributed by atoms with Crippen molar-refractivity contribution in [3.05, 3.63) is 74.1 Å². The zero-order valence-corrected chi connectivity index (χ0v) is 14.1. The van der Waals surface area contributed by atoms with Crippen molar-refractivity contribution >= 4 is 44.3 Å². The van der Waals surface area contributed by atoms with Gasteiger partial charge in [-0.25, -0.2) is 9.98 Å². The highest BCUT2D eigenvalue weighted by atomic mass is 79.9. The monoisotopic (exact) mass is 387 g/mol. The van der Waals surface area contributed by atoms with Crippen LogP contribution in [0.25, 0.3) is 11.3 Å². The number of nitrogens with zero attached hydrogens (tertiary/aromatic N) is 3. The summed E-state index contributed by atoms with van der Waals surface area (Å²) in [5, 5.41) is 13.2. The Kier molecular flexibility index (Phi) is 4.59. The molecule has 7 heteroatoms. The second-order valence-corrected chi connectivity index (χ2v) is 6.38. The lowest BCUT2D eigenvalue weighted by atomic mass is 10.2. The molecule has 0 aliphatic heterocycles. The van der Waals surface area contributed by atoms with Crippen LogP contribution >= 0.6 is 27.3 Å². The van der Waals surface area contributed by atoms with Crippen LogP contribution in [0.1, 0.15) is 5.56 Å². The SMILES string of the molecule is O=[N+]([O-])c1ccc(/C=N/c2nc(-c3ccc(Br)cc3)cs2)cc1. The average Bonchev–Trinajstić information content (AvgIpc) is 3.03. The summed E-state index contributed by atoms with van der Waals surface area (Å²) in [6.07, 6.45) is 1.65. The van der Waals surface area contributed by atoms with Gasteiger partial charge in [-0.15, -0.1) is 11.3 Å². The molecular formula is C16H10BrN3O2S. The van der Waals surface area contributed by atoms with Gasteiger partial charge in [0.1, 0.15) is 0 Å². The van der Waals surface area contributed by atoms with Gasteiger partial charge in [-0.05, 0) is 29.8 Å². The Bertz CT molecular complexity index is 858. The molecule has 0 N–H and O–H groups in total. The van der Waals surface area contributed by atoms with Gasteiger partial charge in [0.25, 0.3) is 5.69 Å². The lowest BCUT2D eigenvalue weighted by molar-refractivity contribution is -0.384. The first-order chi connectivity index (χ1) is 11.1. The predicted molar refractivity (Wildman–Crippen MR) is 95.6 cm³/mol. The fourth-order valence-corrected chi connectivity index (χ4v) is 2.82. The zero-order valence-electron chi connectivity index (χ0n) is 11.7. The molecular weight excluding hydrogens is 378 g/mol. The molecule has 0 atom stereocenters. The van der Waals surface area contributed by atoms with Gasteiger partial charge in [0.15, 0.2) is 0 Å². The second kappa shape index (κ2) is 6.80. The van der Waals surface area contributed by atoms with Gasteiger partial charge < -0.3 is 0 Å². The predicted octanol–water partition coefficient (Wildman–Crippen LogP) is 5.23. The summed E-state index contributed by atoms with van der Waals surface area (Å²) in [5.74, 6) is 0. The van der Waals surface area contributed by atoms with Crippen molar-refractivity contribution in [1.29, 1.82) is 0 Å². The lowest BCUT2D eigenvalue weighted by Crippen LogP contribution is -1.88. The molecule has 5 nitrogen and oxygen atoms in total. The van der Waals surface area contributed by atoms with Crippen molar-refractivity contribution in [2.24, 2.45) is 4.99 Å². The van der Waals surface area contributed by atoms with Crippen molar-refractivity contribution in [3.8, 4) is 11.3 Å². The van der Waals surface area contributed by atoms with Crippen LogP contribution in [0.15, 0.2) is 63.4 Å². The van der Waals surface area contributed by atoms with Crippen molar-refractivity contribution < 1.29 is 4.92 Å². The maximum Gasteiger partial charge on any atom is 0.269 e. The van der Waals surface area contributed by atoms with E-state index in [1.165, 1.54) is 23.5 Å². The van der Waals surface area contributed by atoms with Crippen LogP contribution in [0.3, 0.4) is 0 Å². The van der Waals surface area contributed by atoms with E-state index >= 15 is 0 Å². The third-order valence-electron chi connectivity index (χ3n) is 3.06. The Morgan fingerprint density at radius 3 is 2.48 bits per heavy atom. The first kappa shape index (κ1) is 15.5. The lowest BCUT2D eigenvalue weighted by Gasteiger charge is -1.95. The standard InChI is InChI=1S/C16H10BrN3O2S/c17-13-5-3-12(4-6-13)15-10-23-16(19-15)18-9-11-1-7-14(8-2-11)20(21)22/h1-10H/b18-9+. The summed E-state index contributed by atoms with van der Waals surface area (Å²) >= 11 is 4.85. The molecule has 0 amide bonds. The summed E-state index contributed by atoms with van der Waals surface area (Å²) in [4.78, 5) is 19.0. The van der Waals surface area contributed by atoms with E-state index in [1.807, 2.05) is 29.6 Å². The number of hydrogen-bond acceptors (Lipinski definition) is 5. The molecule has 0 fully saturated rings. The molecule has 0 saturated carbocycles. The van der Waals surface area contributed by atoms with Crippen LogP contribution < -0.4 is 0 Å². The molecule has 0 aliphatic rings. The Morgan fingerprint density at radius 2 is 1.83 bits per heavy atom. The zero-order chi connectivity index (χ0) is 16.2. The smallest absolute Gasteiger partial charge is 0.258 e. The van der Waals surface area contributed by atoms with Crippen LogP contribution in [0, 0.1) is 10.1 Å². The third-order valence-corrected chi connectivity index (χ3v) is 4.34. The van der Waals surface area contributed by atoms with Crippen molar-refractivity contribution in [3.63, 3.8) is 0 Å². The average molecular weight is 388 g/mol. The molecule has 0 aliphatic carbocycles. The van der Waals surface area contributed by atoms with Gasteiger partial charge in [0.05, 0.1) is 10.6 Å². The minimum absolute atomic E-state index is 0.0638. The molecule has 0 saturated heterocycles. The molecule has 1 heterocycles. The van der Waals surface area contributed by atoms with E-state index in [9.17, 15) is 10.1 Å². The van der Waals surface area contributed by atoms with E-state index in [-0.39, 0.29) is 5.69 Å². The van der Waals surface area contributed by atoms with Crippen molar-refractivity contribution in [2.45, 2.75) is 0 Å². The molecule has 0 radical (unpaired) electrons. The van der Waals surface area contributed by atoms with E-state index in [0.29, 0.717) is 5.13 Å². The fraction of sp³-hybridized carbons (Fsp3) is 0. The Labute approximate surface area is 144 Å². The topological polar surface area (TPSA) is 68.4 Å². The van der Waals surface area contributed by atoms with Gasteiger partial charge in [0, 0.05) is 33.8 Å². The minimum atomic E-state index is -0.424. The number of nitro groups is 1. The number of aliphatic imine (C=N–C) groups is 1. The number of thiazole rings is 1. The van der Waals surface area contributed by atoms with E-state index in [1.54, 1.807) is 18.3 Å². The molecule has 1 aromatic heterocycles. The van der Waals surface area contributed by atoms with Crippen LogP contribution in [0.2, 0.25) is 0 Å². The molecule has 0 bridgehead atoms. The van der Waals surface area contributed by atoms with E-state index in [2.05, 4.69) is 25.9 Å². The number of benzene rings is 2. The van der Waals surface area contributed by atoms with Crippen LogP contribution in [0.5, 0.6) is 0 Å². The molecule has 3 rings (SSSR count). The Morgan fingerprint density at radius 1 is 1.13 bits per heavy atom. The van der Waals surface area contributed by atoms with Gasteiger partial charge in [-0.2, -0.15) is 0 Å². The normalized spacial score (nSPS) is 11.0. The molecule has 2 aromatic carbocycles. The van der Waals surface area contributed by atoms with Crippen LogP contribution in [-0.2, 0) is 0 Å². The third kappa shape index (κ3) is 3.88. The molecule has 3 aromatic rings.